The van der Waals surface area contributed by atoms with E-state index in [1.54, 1.807) is 36.4 Å². The maximum atomic E-state index is 12.9. The van der Waals surface area contributed by atoms with E-state index in [4.69, 9.17) is 13.9 Å². The molecule has 0 radical (unpaired) electrons. The van der Waals surface area contributed by atoms with Crippen LogP contribution >= 0.6 is 0 Å². The zero-order chi connectivity index (χ0) is 28.4. The van der Waals surface area contributed by atoms with Gasteiger partial charge in [0.05, 0.1) is 26.0 Å². The molecule has 3 atom stereocenters. The predicted molar refractivity (Wildman–Crippen MR) is 149 cm³/mol. The highest BCUT2D eigenvalue weighted by atomic mass is 16.5. The zero-order valence-corrected chi connectivity index (χ0v) is 22.8. The summed E-state index contributed by atoms with van der Waals surface area (Å²) in [5, 5.41) is 10.8. The number of piperidine rings is 1. The molecular formula is C31H34N2O7. The van der Waals surface area contributed by atoms with Gasteiger partial charge < -0.3 is 23.6 Å². The topological polar surface area (TPSA) is 111 Å². The first-order valence-electron chi connectivity index (χ1n) is 13.4. The van der Waals surface area contributed by atoms with Crippen molar-refractivity contribution in [2.24, 2.45) is 5.92 Å². The number of carbonyl (C=O) groups excluding carboxylic acids is 1. The van der Waals surface area contributed by atoms with Gasteiger partial charge in [-0.05, 0) is 48.6 Å². The first-order valence-corrected chi connectivity index (χ1v) is 13.4. The Labute approximate surface area is 232 Å². The van der Waals surface area contributed by atoms with Gasteiger partial charge in [-0.25, -0.2) is 0 Å². The average molecular weight is 547 g/mol. The third-order valence-corrected chi connectivity index (χ3v) is 7.62. The first-order chi connectivity index (χ1) is 19.2. The van der Waals surface area contributed by atoms with Gasteiger partial charge in [0.2, 0.25) is 11.2 Å². The molecule has 2 aromatic heterocycles. The summed E-state index contributed by atoms with van der Waals surface area (Å²) in [6.45, 7) is 8.59. The summed E-state index contributed by atoms with van der Waals surface area (Å²) in [6.07, 6.45) is 0.889. The Kier molecular flexibility index (Phi) is 7.93. The van der Waals surface area contributed by atoms with Crippen molar-refractivity contribution in [3.05, 3.63) is 104 Å². The van der Waals surface area contributed by atoms with Crippen molar-refractivity contribution < 1.29 is 23.8 Å². The molecule has 4 heterocycles. The monoisotopic (exact) mass is 546 g/mol. The second-order valence-corrected chi connectivity index (χ2v) is 10.8. The molecule has 210 valence electrons. The van der Waals surface area contributed by atoms with Crippen LogP contribution in [0.4, 0.5) is 0 Å². The minimum Gasteiger partial charge on any atom is -0.502 e. The quantitative estimate of drug-likeness (QED) is 0.319. The number of carbonyl (C=O) groups is 1. The van der Waals surface area contributed by atoms with E-state index in [2.05, 4.69) is 11.5 Å². The van der Waals surface area contributed by atoms with Crippen LogP contribution in [0.1, 0.15) is 54.4 Å². The summed E-state index contributed by atoms with van der Waals surface area (Å²) in [5.74, 6) is -0.189. The predicted octanol–water partition coefficient (Wildman–Crippen LogP) is 3.78. The number of pyridine rings is 1. The molecule has 1 N–H and O–H groups in total. The summed E-state index contributed by atoms with van der Waals surface area (Å²) in [5.41, 5.74) is 2.04. The second-order valence-electron chi connectivity index (χ2n) is 10.8. The third kappa shape index (κ3) is 5.89. The van der Waals surface area contributed by atoms with E-state index >= 15 is 0 Å². The van der Waals surface area contributed by atoms with Gasteiger partial charge in [-0.15, -0.1) is 0 Å². The van der Waals surface area contributed by atoms with Gasteiger partial charge in [-0.3, -0.25) is 19.3 Å². The van der Waals surface area contributed by atoms with Crippen LogP contribution in [0.3, 0.4) is 0 Å². The van der Waals surface area contributed by atoms with Crippen LogP contribution in [0.15, 0.2) is 74.7 Å². The van der Waals surface area contributed by atoms with Crippen LogP contribution in [0, 0.1) is 5.92 Å². The SMILES string of the molecule is C=C(C)COc1ccc([C@@H](CC(=O)OC)c2oc(CN3C[C@H]4C[C@@H](C3)c3cccc(=O)n3C4)cc(=O)c2O)cc1. The number of rotatable bonds is 9. The maximum Gasteiger partial charge on any atom is 0.306 e. The minimum atomic E-state index is -0.741. The molecule has 0 saturated carbocycles. The molecule has 9 nitrogen and oxygen atoms in total. The van der Waals surface area contributed by atoms with E-state index < -0.39 is 23.1 Å². The molecule has 2 aliphatic rings. The summed E-state index contributed by atoms with van der Waals surface area (Å²) < 4.78 is 18.6. The molecule has 0 spiro atoms. The Morgan fingerprint density at radius 1 is 1.15 bits per heavy atom. The summed E-state index contributed by atoms with van der Waals surface area (Å²) >= 11 is 0. The molecule has 1 saturated heterocycles. The lowest BCUT2D eigenvalue weighted by Crippen LogP contribution is -2.46. The van der Waals surface area contributed by atoms with Crippen molar-refractivity contribution in [2.75, 3.05) is 26.8 Å². The van der Waals surface area contributed by atoms with Crippen LogP contribution in [0.5, 0.6) is 11.5 Å². The normalized spacial score (nSPS) is 18.9. The van der Waals surface area contributed by atoms with Crippen molar-refractivity contribution in [1.82, 2.24) is 9.47 Å². The lowest BCUT2D eigenvalue weighted by molar-refractivity contribution is -0.140. The number of hydrogen-bond acceptors (Lipinski definition) is 8. The molecule has 1 fully saturated rings. The first kappa shape index (κ1) is 27.5. The lowest BCUT2D eigenvalue weighted by atomic mass is 9.83. The fourth-order valence-electron chi connectivity index (χ4n) is 5.83. The summed E-state index contributed by atoms with van der Waals surface area (Å²) in [4.78, 5) is 39.8. The number of benzene rings is 1. The van der Waals surface area contributed by atoms with Gasteiger partial charge >= 0.3 is 5.97 Å². The van der Waals surface area contributed by atoms with E-state index in [0.717, 1.165) is 30.8 Å². The smallest absolute Gasteiger partial charge is 0.306 e. The zero-order valence-electron chi connectivity index (χ0n) is 22.8. The molecular weight excluding hydrogens is 512 g/mol. The number of esters is 1. The standard InChI is InChI=1S/C31H34N2O7/c1-19(2)18-39-23-9-7-21(8-10-23)25(13-29(36)38-3)31-30(37)27(34)12-24(40-31)17-32-14-20-11-22(16-32)26-5-4-6-28(35)33(26)15-20/h4-10,12,20,22,25,37H,1,11,13-18H2,2-3H3/t20-,22+,25-/m1/s1. The van der Waals surface area contributed by atoms with Crippen LogP contribution in [-0.2, 0) is 22.6 Å². The Hall–Kier alpha value is -4.11. The van der Waals surface area contributed by atoms with E-state index in [9.17, 15) is 19.5 Å². The second kappa shape index (κ2) is 11.6. The number of aromatic hydroxyl groups is 1. The molecule has 0 aliphatic carbocycles. The van der Waals surface area contributed by atoms with E-state index in [-0.39, 0.29) is 23.7 Å². The van der Waals surface area contributed by atoms with Crippen LogP contribution in [0.2, 0.25) is 0 Å². The molecule has 3 aromatic rings. The van der Waals surface area contributed by atoms with Crippen LogP contribution in [0.25, 0.3) is 0 Å². The highest BCUT2D eigenvalue weighted by Gasteiger charge is 2.35. The van der Waals surface area contributed by atoms with Gasteiger partial charge in [-0.1, -0.05) is 24.8 Å². The van der Waals surface area contributed by atoms with Gasteiger partial charge in [0.15, 0.2) is 5.76 Å². The van der Waals surface area contributed by atoms with E-state index in [1.165, 1.54) is 13.2 Å². The Bertz CT molecular complexity index is 1520. The van der Waals surface area contributed by atoms with Gasteiger partial charge in [0.1, 0.15) is 18.1 Å². The number of hydrogen-bond donors (Lipinski definition) is 1. The molecule has 1 aromatic carbocycles. The van der Waals surface area contributed by atoms with E-state index in [0.29, 0.717) is 42.7 Å². The van der Waals surface area contributed by atoms with Crippen LogP contribution in [-0.4, -0.2) is 47.3 Å². The number of ether oxygens (including phenoxy) is 2. The maximum absolute atomic E-state index is 12.9. The minimum absolute atomic E-state index is 0.0256. The Morgan fingerprint density at radius 3 is 2.65 bits per heavy atom. The highest BCUT2D eigenvalue weighted by molar-refractivity contribution is 5.71. The number of methoxy groups -OCH3 is 1. The van der Waals surface area contributed by atoms with Crippen molar-refractivity contribution in [3.8, 4) is 11.5 Å². The fraction of sp³-hybridized carbons (Fsp3) is 0.387. The van der Waals surface area contributed by atoms with Crippen molar-refractivity contribution in [1.29, 1.82) is 0 Å². The Morgan fingerprint density at radius 2 is 1.93 bits per heavy atom. The van der Waals surface area contributed by atoms with Crippen LogP contribution < -0.4 is 15.7 Å². The molecule has 0 amide bonds. The molecule has 2 aliphatic heterocycles. The number of likely N-dealkylation sites (tertiary alicyclic amines) is 1. The van der Waals surface area contributed by atoms with Crippen molar-refractivity contribution in [3.63, 3.8) is 0 Å². The highest BCUT2D eigenvalue weighted by Crippen LogP contribution is 2.37. The largest absolute Gasteiger partial charge is 0.502 e. The Balaban J connectivity index is 1.41. The lowest BCUT2D eigenvalue weighted by Gasteiger charge is -2.42. The van der Waals surface area contributed by atoms with Gasteiger partial charge in [0.25, 0.3) is 5.56 Å². The number of aromatic nitrogens is 1. The summed E-state index contributed by atoms with van der Waals surface area (Å²) in [6, 6.07) is 13.8. The fourth-order valence-corrected chi connectivity index (χ4v) is 5.83. The summed E-state index contributed by atoms with van der Waals surface area (Å²) in [7, 11) is 1.29. The number of fused-ring (bicyclic) bond motifs is 4. The van der Waals surface area contributed by atoms with Gasteiger partial charge in [0, 0.05) is 43.4 Å². The van der Waals surface area contributed by atoms with Crippen molar-refractivity contribution >= 4 is 5.97 Å². The molecule has 0 unspecified atom stereocenters. The average Bonchev–Trinajstić information content (AvgIpc) is 2.93. The van der Waals surface area contributed by atoms with Gasteiger partial charge in [-0.2, -0.15) is 0 Å². The molecule has 2 bridgehead atoms. The molecule has 40 heavy (non-hydrogen) atoms. The van der Waals surface area contributed by atoms with E-state index in [1.807, 2.05) is 17.6 Å². The third-order valence-electron chi connectivity index (χ3n) is 7.62. The molecule has 5 rings (SSSR count). The number of nitrogens with zero attached hydrogens (tertiary/aromatic N) is 2. The molecule has 9 heteroatoms. The van der Waals surface area contributed by atoms with Crippen molar-refractivity contribution in [2.45, 2.75) is 44.7 Å².